The van der Waals surface area contributed by atoms with Crippen molar-refractivity contribution in [2.75, 3.05) is 7.05 Å². The minimum absolute atomic E-state index is 0.0245. The summed E-state index contributed by atoms with van der Waals surface area (Å²) in [5.74, 6) is -1.26. The third kappa shape index (κ3) is 5.18. The van der Waals surface area contributed by atoms with E-state index in [1.165, 1.54) is 13.1 Å². The number of hydrogen-bond acceptors (Lipinski definition) is 3. The minimum Gasteiger partial charge on any atom is -0.402 e. The fourth-order valence-corrected chi connectivity index (χ4v) is 2.69. The summed E-state index contributed by atoms with van der Waals surface area (Å²) in [6.45, 7) is 1.72. The Balaban J connectivity index is 2.22. The lowest BCUT2D eigenvalue weighted by atomic mass is 10.00. The average molecular weight is 393 g/mol. The van der Waals surface area contributed by atoms with Crippen molar-refractivity contribution >= 4 is 11.6 Å². The quantitative estimate of drug-likeness (QED) is 0.531. The lowest BCUT2D eigenvalue weighted by Crippen LogP contribution is -2.19. The Bertz CT molecular complexity index is 949. The van der Waals surface area contributed by atoms with E-state index >= 15 is 0 Å². The molecule has 0 fully saturated rings. The summed E-state index contributed by atoms with van der Waals surface area (Å²) in [6.07, 6.45) is -3.50. The highest BCUT2D eigenvalue weighted by atomic mass is 19.4. The number of amides is 1. The number of allylic oxidation sites excluding steroid dienone is 2. The van der Waals surface area contributed by atoms with E-state index in [1.807, 2.05) is 0 Å². The molecule has 0 saturated carbocycles. The summed E-state index contributed by atoms with van der Waals surface area (Å²) < 4.78 is 51.9. The molecule has 148 valence electrons. The van der Waals surface area contributed by atoms with Gasteiger partial charge in [0.1, 0.15) is 5.82 Å². The van der Waals surface area contributed by atoms with Crippen molar-refractivity contribution in [1.82, 2.24) is 5.32 Å². The summed E-state index contributed by atoms with van der Waals surface area (Å²) in [6, 6.07) is 7.01. The first-order chi connectivity index (χ1) is 13.0. The standard InChI is InChI=1S/C20H19F4N3O/c1-11-5-13(3-4-17(11)19(28)27-2)18(26)10-16(25)8-12-6-14(20(22,23)24)9-15(21)7-12/h3-7,9-10,26H,8,25H2,1-2H3,(H,27,28). The van der Waals surface area contributed by atoms with E-state index in [9.17, 15) is 22.4 Å². The zero-order chi connectivity index (χ0) is 21.1. The number of nitrogens with one attached hydrogen (secondary N) is 2. The summed E-state index contributed by atoms with van der Waals surface area (Å²) >= 11 is 0. The van der Waals surface area contributed by atoms with Gasteiger partial charge in [-0.15, -0.1) is 0 Å². The van der Waals surface area contributed by atoms with Gasteiger partial charge in [0.25, 0.3) is 5.91 Å². The van der Waals surface area contributed by atoms with Gasteiger partial charge in [-0.1, -0.05) is 6.07 Å². The third-order valence-corrected chi connectivity index (χ3v) is 4.03. The van der Waals surface area contributed by atoms with Gasteiger partial charge in [-0.3, -0.25) is 4.79 Å². The molecule has 0 heterocycles. The Morgan fingerprint density at radius 2 is 1.89 bits per heavy atom. The molecule has 0 aromatic heterocycles. The van der Waals surface area contributed by atoms with Crippen molar-refractivity contribution in [3.8, 4) is 0 Å². The molecule has 2 aromatic rings. The summed E-state index contributed by atoms with van der Waals surface area (Å²) in [4.78, 5) is 11.7. The van der Waals surface area contributed by atoms with Crippen LogP contribution in [0.25, 0.3) is 0 Å². The Hall–Kier alpha value is -3.16. The molecule has 2 rings (SSSR count). The van der Waals surface area contributed by atoms with E-state index in [0.29, 0.717) is 22.8 Å². The molecule has 0 aliphatic heterocycles. The molecular weight excluding hydrogens is 374 g/mol. The van der Waals surface area contributed by atoms with Gasteiger partial charge in [-0.25, -0.2) is 4.39 Å². The van der Waals surface area contributed by atoms with Crippen molar-refractivity contribution < 1.29 is 22.4 Å². The molecule has 0 spiro atoms. The Kier molecular flexibility index (Phi) is 6.23. The second kappa shape index (κ2) is 8.24. The van der Waals surface area contributed by atoms with Gasteiger partial charge in [-0.05, 0) is 60.0 Å². The topological polar surface area (TPSA) is 79.0 Å². The first kappa shape index (κ1) is 21.1. The van der Waals surface area contributed by atoms with Crippen LogP contribution in [0, 0.1) is 18.2 Å². The first-order valence-corrected chi connectivity index (χ1v) is 8.25. The van der Waals surface area contributed by atoms with Crippen LogP contribution in [0.3, 0.4) is 0 Å². The molecule has 0 bridgehead atoms. The maximum atomic E-state index is 13.5. The molecule has 0 radical (unpaired) electrons. The van der Waals surface area contributed by atoms with E-state index in [1.54, 1.807) is 25.1 Å². The van der Waals surface area contributed by atoms with Crippen molar-refractivity contribution in [2.24, 2.45) is 5.73 Å². The van der Waals surface area contributed by atoms with Gasteiger partial charge >= 0.3 is 6.18 Å². The number of aryl methyl sites for hydroxylation is 1. The van der Waals surface area contributed by atoms with Crippen LogP contribution >= 0.6 is 0 Å². The number of alkyl halides is 3. The van der Waals surface area contributed by atoms with Crippen LogP contribution in [-0.2, 0) is 12.6 Å². The molecule has 4 nitrogen and oxygen atoms in total. The Labute approximate surface area is 159 Å². The molecule has 0 unspecified atom stereocenters. The predicted molar refractivity (Wildman–Crippen MR) is 98.8 cm³/mol. The van der Waals surface area contributed by atoms with Crippen molar-refractivity contribution in [2.45, 2.75) is 19.5 Å². The van der Waals surface area contributed by atoms with E-state index < -0.39 is 17.6 Å². The monoisotopic (exact) mass is 393 g/mol. The molecule has 2 aromatic carbocycles. The average Bonchev–Trinajstić information content (AvgIpc) is 2.59. The molecule has 0 saturated heterocycles. The largest absolute Gasteiger partial charge is 0.416 e. The van der Waals surface area contributed by atoms with Crippen molar-refractivity contribution in [1.29, 1.82) is 5.41 Å². The fraction of sp³-hybridized carbons (Fsp3) is 0.200. The van der Waals surface area contributed by atoms with E-state index in [0.717, 1.165) is 12.1 Å². The summed E-state index contributed by atoms with van der Waals surface area (Å²) in [7, 11) is 1.51. The molecule has 0 aliphatic rings. The van der Waals surface area contributed by atoms with Gasteiger partial charge in [0, 0.05) is 24.7 Å². The lowest BCUT2D eigenvalue weighted by molar-refractivity contribution is -0.137. The third-order valence-electron chi connectivity index (χ3n) is 4.03. The van der Waals surface area contributed by atoms with Crippen molar-refractivity contribution in [3.05, 3.63) is 81.8 Å². The van der Waals surface area contributed by atoms with Crippen LogP contribution in [0.2, 0.25) is 0 Å². The number of nitrogens with two attached hydrogens (primary N) is 1. The Morgan fingerprint density at radius 1 is 1.21 bits per heavy atom. The van der Waals surface area contributed by atoms with E-state index in [2.05, 4.69) is 5.32 Å². The number of hydrogen-bond donors (Lipinski definition) is 3. The maximum absolute atomic E-state index is 13.5. The number of carbonyl (C=O) groups excluding carboxylic acids is 1. The first-order valence-electron chi connectivity index (χ1n) is 8.25. The van der Waals surface area contributed by atoms with Gasteiger partial charge in [0.05, 0.1) is 11.3 Å². The predicted octanol–water partition coefficient (Wildman–Crippen LogP) is 3.97. The zero-order valence-electron chi connectivity index (χ0n) is 15.2. The fourth-order valence-electron chi connectivity index (χ4n) is 2.69. The van der Waals surface area contributed by atoms with Gasteiger partial charge in [0.15, 0.2) is 0 Å². The normalized spacial score (nSPS) is 12.0. The molecular formula is C20H19F4N3O. The summed E-state index contributed by atoms with van der Waals surface area (Å²) in [5.41, 5.74) is 6.56. The highest BCUT2D eigenvalue weighted by molar-refractivity contribution is 6.07. The molecule has 8 heteroatoms. The molecule has 1 amide bonds. The van der Waals surface area contributed by atoms with E-state index in [-0.39, 0.29) is 29.3 Å². The van der Waals surface area contributed by atoms with Crippen molar-refractivity contribution in [3.63, 3.8) is 0 Å². The highest BCUT2D eigenvalue weighted by Gasteiger charge is 2.31. The van der Waals surface area contributed by atoms with Crippen LogP contribution in [0.15, 0.2) is 48.2 Å². The highest BCUT2D eigenvalue weighted by Crippen LogP contribution is 2.30. The molecule has 4 N–H and O–H groups in total. The number of halogens is 4. The van der Waals surface area contributed by atoms with Crippen LogP contribution in [0.5, 0.6) is 0 Å². The second-order valence-corrected chi connectivity index (χ2v) is 6.26. The van der Waals surface area contributed by atoms with Gasteiger partial charge in [-0.2, -0.15) is 13.2 Å². The van der Waals surface area contributed by atoms with E-state index in [4.69, 9.17) is 11.1 Å². The molecule has 0 atom stereocenters. The van der Waals surface area contributed by atoms with Gasteiger partial charge < -0.3 is 16.5 Å². The lowest BCUT2D eigenvalue weighted by Gasteiger charge is -2.10. The smallest absolute Gasteiger partial charge is 0.402 e. The van der Waals surface area contributed by atoms with Gasteiger partial charge in [0.2, 0.25) is 0 Å². The second-order valence-electron chi connectivity index (χ2n) is 6.26. The van der Waals surface area contributed by atoms with Crippen LogP contribution in [0.1, 0.15) is 32.6 Å². The van der Waals surface area contributed by atoms with Crippen LogP contribution < -0.4 is 11.1 Å². The minimum atomic E-state index is -4.66. The van der Waals surface area contributed by atoms with Crippen LogP contribution in [-0.4, -0.2) is 18.7 Å². The molecule has 28 heavy (non-hydrogen) atoms. The van der Waals surface area contributed by atoms with Crippen LogP contribution in [0.4, 0.5) is 17.6 Å². The Morgan fingerprint density at radius 3 is 2.46 bits per heavy atom. The summed E-state index contributed by atoms with van der Waals surface area (Å²) in [5, 5.41) is 10.6. The maximum Gasteiger partial charge on any atom is 0.416 e. The SMILES string of the molecule is CNC(=O)c1ccc(C(=N)C=C(N)Cc2cc(F)cc(C(F)(F)F)c2)cc1C. The number of rotatable bonds is 5. The number of benzene rings is 2. The number of carbonyl (C=O) groups is 1. The molecule has 0 aliphatic carbocycles. The zero-order valence-corrected chi connectivity index (χ0v) is 15.2.